The lowest BCUT2D eigenvalue weighted by atomic mass is 10.2. The number of carbonyl (C=O) groups is 2. The number of amides is 2. The second-order valence-electron chi connectivity index (χ2n) is 5.23. The molecule has 1 fully saturated rings. The van der Waals surface area contributed by atoms with Crippen LogP contribution in [0.15, 0.2) is 64.8 Å². The number of rotatable bonds is 4. The predicted octanol–water partition coefficient (Wildman–Crippen LogP) is 3.32. The van der Waals surface area contributed by atoms with Crippen molar-refractivity contribution in [3.05, 3.63) is 54.6 Å². The molecule has 0 bridgehead atoms. The molecule has 1 heterocycles. The van der Waals surface area contributed by atoms with Crippen LogP contribution in [0.3, 0.4) is 0 Å². The molecule has 2 amide bonds. The fraction of sp³-hybridized carbons (Fsp3) is 0.176. The van der Waals surface area contributed by atoms with Gasteiger partial charge >= 0.3 is 0 Å². The molecule has 1 aliphatic rings. The van der Waals surface area contributed by atoms with Crippen LogP contribution in [0.5, 0.6) is 0 Å². The summed E-state index contributed by atoms with van der Waals surface area (Å²) in [5.74, 6) is -0.281. The third-order valence-corrected chi connectivity index (χ3v) is 3.48. The Balaban J connectivity index is 1.60. The molecule has 2 aromatic rings. The fourth-order valence-electron chi connectivity index (χ4n) is 2.26. The van der Waals surface area contributed by atoms with Gasteiger partial charge in [0.05, 0.1) is 11.4 Å². The topological polar surface area (TPSA) is 82.9 Å². The van der Waals surface area contributed by atoms with E-state index in [4.69, 9.17) is 0 Å². The molecule has 6 heteroatoms. The first-order chi connectivity index (χ1) is 11.2. The van der Waals surface area contributed by atoms with Gasteiger partial charge in [-0.15, -0.1) is 0 Å². The smallest absolute Gasteiger partial charge is 0.246 e. The van der Waals surface area contributed by atoms with Gasteiger partial charge in [-0.2, -0.15) is 10.2 Å². The van der Waals surface area contributed by atoms with Crippen LogP contribution >= 0.6 is 0 Å². The molecule has 2 N–H and O–H groups in total. The van der Waals surface area contributed by atoms with Crippen LogP contribution < -0.4 is 10.6 Å². The third-order valence-electron chi connectivity index (χ3n) is 3.48. The highest BCUT2D eigenvalue weighted by Crippen LogP contribution is 2.20. The molecule has 2 aromatic carbocycles. The lowest BCUT2D eigenvalue weighted by Gasteiger charge is -2.10. The average molecular weight is 308 g/mol. The minimum absolute atomic E-state index is 0.0816. The third kappa shape index (κ3) is 4.00. The first kappa shape index (κ1) is 14.9. The van der Waals surface area contributed by atoms with Crippen molar-refractivity contribution in [1.82, 2.24) is 5.32 Å². The Morgan fingerprint density at radius 1 is 1.00 bits per heavy atom. The summed E-state index contributed by atoms with van der Waals surface area (Å²) in [5.41, 5.74) is 2.14. The Kier molecular flexibility index (Phi) is 4.42. The van der Waals surface area contributed by atoms with Crippen molar-refractivity contribution in [3.63, 3.8) is 0 Å². The number of anilines is 1. The van der Waals surface area contributed by atoms with Crippen LogP contribution in [-0.4, -0.2) is 17.9 Å². The Bertz CT molecular complexity index is 726. The second-order valence-corrected chi connectivity index (χ2v) is 5.23. The van der Waals surface area contributed by atoms with E-state index < -0.39 is 6.04 Å². The molecule has 3 rings (SSSR count). The Labute approximate surface area is 133 Å². The molecule has 23 heavy (non-hydrogen) atoms. The molecule has 1 atom stereocenters. The summed E-state index contributed by atoms with van der Waals surface area (Å²) in [4.78, 5) is 23.1. The highest BCUT2D eigenvalue weighted by atomic mass is 16.2. The predicted molar refractivity (Wildman–Crippen MR) is 86.9 cm³/mol. The van der Waals surface area contributed by atoms with Crippen molar-refractivity contribution in [3.8, 4) is 0 Å². The molecule has 1 saturated heterocycles. The highest BCUT2D eigenvalue weighted by molar-refractivity contribution is 5.99. The van der Waals surface area contributed by atoms with E-state index >= 15 is 0 Å². The molecule has 0 aliphatic carbocycles. The van der Waals surface area contributed by atoms with Gasteiger partial charge < -0.3 is 10.6 Å². The average Bonchev–Trinajstić information content (AvgIpc) is 3.02. The molecule has 1 aliphatic heterocycles. The first-order valence-electron chi connectivity index (χ1n) is 7.38. The van der Waals surface area contributed by atoms with Crippen LogP contribution in [0, 0.1) is 0 Å². The number of nitrogens with one attached hydrogen (secondary N) is 2. The number of benzene rings is 2. The maximum absolute atomic E-state index is 12.0. The van der Waals surface area contributed by atoms with E-state index in [1.807, 2.05) is 30.3 Å². The van der Waals surface area contributed by atoms with Crippen molar-refractivity contribution in [2.45, 2.75) is 18.9 Å². The molecule has 0 saturated carbocycles. The van der Waals surface area contributed by atoms with E-state index in [0.717, 1.165) is 5.69 Å². The molecular weight excluding hydrogens is 292 g/mol. The highest BCUT2D eigenvalue weighted by Gasteiger charge is 2.26. The molecular formula is C17H16N4O2. The van der Waals surface area contributed by atoms with E-state index in [0.29, 0.717) is 24.2 Å². The monoisotopic (exact) mass is 308 g/mol. The van der Waals surface area contributed by atoms with Crippen LogP contribution in [0.4, 0.5) is 17.1 Å². The lowest BCUT2D eigenvalue weighted by Crippen LogP contribution is -2.37. The maximum atomic E-state index is 12.0. The molecule has 6 nitrogen and oxygen atoms in total. The summed E-state index contributed by atoms with van der Waals surface area (Å²) in [5, 5.41) is 13.7. The minimum Gasteiger partial charge on any atom is -0.344 e. The van der Waals surface area contributed by atoms with Gasteiger partial charge in [-0.1, -0.05) is 18.2 Å². The van der Waals surface area contributed by atoms with Gasteiger partial charge in [0.15, 0.2) is 0 Å². The maximum Gasteiger partial charge on any atom is 0.246 e. The summed E-state index contributed by atoms with van der Waals surface area (Å²) in [6.45, 7) is 0. The van der Waals surface area contributed by atoms with E-state index in [9.17, 15) is 9.59 Å². The van der Waals surface area contributed by atoms with Gasteiger partial charge in [0.1, 0.15) is 6.04 Å². The van der Waals surface area contributed by atoms with E-state index in [-0.39, 0.29) is 11.8 Å². The van der Waals surface area contributed by atoms with E-state index in [1.165, 1.54) is 0 Å². The van der Waals surface area contributed by atoms with Crippen LogP contribution in [-0.2, 0) is 9.59 Å². The second kappa shape index (κ2) is 6.83. The first-order valence-corrected chi connectivity index (χ1v) is 7.38. The van der Waals surface area contributed by atoms with Gasteiger partial charge in [0.25, 0.3) is 0 Å². The Morgan fingerprint density at radius 3 is 2.26 bits per heavy atom. The van der Waals surface area contributed by atoms with Crippen molar-refractivity contribution in [2.24, 2.45) is 10.2 Å². The fourth-order valence-corrected chi connectivity index (χ4v) is 2.26. The Morgan fingerprint density at radius 2 is 1.65 bits per heavy atom. The minimum atomic E-state index is -0.444. The lowest BCUT2D eigenvalue weighted by molar-refractivity contribution is -0.122. The van der Waals surface area contributed by atoms with Crippen molar-refractivity contribution < 1.29 is 9.59 Å². The summed E-state index contributed by atoms with van der Waals surface area (Å²) in [7, 11) is 0. The SMILES string of the molecule is O=C1CC[C@H](C(=O)Nc2ccc(N=Nc3ccccc3)cc2)N1. The summed E-state index contributed by atoms with van der Waals surface area (Å²) >= 11 is 0. The van der Waals surface area contributed by atoms with Crippen molar-refractivity contribution in [1.29, 1.82) is 0 Å². The molecule has 0 unspecified atom stereocenters. The number of hydrogen-bond acceptors (Lipinski definition) is 4. The summed E-state index contributed by atoms with van der Waals surface area (Å²) in [6.07, 6.45) is 0.935. The number of carbonyl (C=O) groups excluding carboxylic acids is 2. The summed E-state index contributed by atoms with van der Waals surface area (Å²) < 4.78 is 0. The molecule has 0 spiro atoms. The number of hydrogen-bond donors (Lipinski definition) is 2. The van der Waals surface area contributed by atoms with Crippen LogP contribution in [0.1, 0.15) is 12.8 Å². The van der Waals surface area contributed by atoms with Crippen molar-refractivity contribution >= 4 is 28.9 Å². The number of nitrogens with zero attached hydrogens (tertiary/aromatic N) is 2. The zero-order valence-electron chi connectivity index (χ0n) is 12.4. The van der Waals surface area contributed by atoms with E-state index in [2.05, 4.69) is 20.9 Å². The van der Waals surface area contributed by atoms with Gasteiger partial charge in [0, 0.05) is 12.1 Å². The van der Waals surface area contributed by atoms with Gasteiger partial charge in [-0.25, -0.2) is 0 Å². The Hall–Kier alpha value is -3.02. The molecule has 0 radical (unpaired) electrons. The van der Waals surface area contributed by atoms with Gasteiger partial charge in [-0.3, -0.25) is 9.59 Å². The quantitative estimate of drug-likeness (QED) is 0.849. The van der Waals surface area contributed by atoms with Crippen LogP contribution in [0.2, 0.25) is 0 Å². The van der Waals surface area contributed by atoms with E-state index in [1.54, 1.807) is 24.3 Å². The van der Waals surface area contributed by atoms with Crippen molar-refractivity contribution in [2.75, 3.05) is 5.32 Å². The summed E-state index contributed by atoms with van der Waals surface area (Å²) in [6, 6.07) is 16.1. The molecule has 0 aromatic heterocycles. The zero-order chi connectivity index (χ0) is 16.1. The zero-order valence-corrected chi connectivity index (χ0v) is 12.4. The normalized spacial score (nSPS) is 17.2. The standard InChI is InChI=1S/C17H16N4O2/c22-16-11-10-15(19-16)17(23)18-12-6-8-14(9-7-12)21-20-13-4-2-1-3-5-13/h1-9,15H,10-11H2,(H,18,23)(H,19,22)/t15-/m1/s1. The van der Waals surface area contributed by atoms with Crippen LogP contribution in [0.25, 0.3) is 0 Å². The molecule has 116 valence electrons. The van der Waals surface area contributed by atoms with Gasteiger partial charge in [0.2, 0.25) is 11.8 Å². The largest absolute Gasteiger partial charge is 0.344 e. The van der Waals surface area contributed by atoms with Gasteiger partial charge in [-0.05, 0) is 42.8 Å². The number of azo groups is 1.